The van der Waals surface area contributed by atoms with Crippen molar-refractivity contribution in [1.82, 2.24) is 19.1 Å². The van der Waals surface area contributed by atoms with Crippen LogP contribution in [0.4, 0.5) is 0 Å². The van der Waals surface area contributed by atoms with Crippen LogP contribution in [0.15, 0.2) is 158 Å². The Morgan fingerprint density at radius 2 is 0.659 bits per heavy atom. The van der Waals surface area contributed by atoms with Gasteiger partial charge in [-0.15, -0.1) is 0 Å². The highest BCUT2D eigenvalue weighted by molar-refractivity contribution is 6.12. The molecule has 5 aromatic carbocycles. The quantitative estimate of drug-likeness (QED) is 0.214. The summed E-state index contributed by atoms with van der Waals surface area (Å²) in [6.45, 7) is 0. The maximum absolute atomic E-state index is 4.83. The van der Waals surface area contributed by atoms with Crippen LogP contribution in [0.1, 0.15) is 0 Å². The maximum Gasteiger partial charge on any atom is 0.0710 e. The molecule has 9 rings (SSSR count). The van der Waals surface area contributed by atoms with E-state index < -0.39 is 0 Å². The first-order valence-corrected chi connectivity index (χ1v) is 14.8. The third kappa shape index (κ3) is 3.64. The molecule has 0 saturated carbocycles. The average molecular weight is 563 g/mol. The topological polar surface area (TPSA) is 35.6 Å². The fraction of sp³-hybridized carbons (Fsp3) is 0. The molecule has 0 fully saturated rings. The monoisotopic (exact) mass is 562 g/mol. The van der Waals surface area contributed by atoms with Crippen LogP contribution in [0.3, 0.4) is 0 Å². The SMILES string of the molecule is c1ccc(-c2cc(-n3c4ccccc4c4ccccc43)c(-n3c4ccccc4c4ccccc43)cc2-c2ccccn2)nc1. The largest absolute Gasteiger partial charge is 0.307 e. The molecule has 0 aliphatic carbocycles. The highest BCUT2D eigenvalue weighted by Crippen LogP contribution is 2.42. The van der Waals surface area contributed by atoms with E-state index in [9.17, 15) is 0 Å². The van der Waals surface area contributed by atoms with Crippen LogP contribution < -0.4 is 0 Å². The lowest BCUT2D eigenvalue weighted by atomic mass is 9.98. The Hall–Kier alpha value is -6.00. The highest BCUT2D eigenvalue weighted by atomic mass is 15.1. The minimum absolute atomic E-state index is 0.906. The van der Waals surface area contributed by atoms with Gasteiger partial charge in [-0.1, -0.05) is 84.9 Å². The van der Waals surface area contributed by atoms with E-state index in [1.807, 2.05) is 36.7 Å². The Kier molecular flexibility index (Phi) is 5.47. The van der Waals surface area contributed by atoms with Crippen LogP contribution in [-0.2, 0) is 0 Å². The van der Waals surface area contributed by atoms with Gasteiger partial charge in [-0.25, -0.2) is 0 Å². The number of benzene rings is 5. The lowest BCUT2D eigenvalue weighted by molar-refractivity contribution is 1.09. The van der Waals surface area contributed by atoms with Gasteiger partial charge < -0.3 is 9.13 Å². The number of rotatable bonds is 4. The number of para-hydroxylation sites is 4. The Morgan fingerprint density at radius 1 is 0.341 bits per heavy atom. The Labute approximate surface area is 254 Å². The summed E-state index contributed by atoms with van der Waals surface area (Å²) in [5.41, 5.74) is 10.7. The van der Waals surface area contributed by atoms with Crippen LogP contribution in [0.25, 0.3) is 77.5 Å². The normalized spacial score (nSPS) is 11.6. The summed E-state index contributed by atoms with van der Waals surface area (Å²) >= 11 is 0. The van der Waals surface area contributed by atoms with Crippen molar-refractivity contribution in [3.05, 3.63) is 158 Å². The maximum atomic E-state index is 4.83. The molecule has 0 atom stereocenters. The first-order valence-electron chi connectivity index (χ1n) is 14.8. The molecule has 0 spiro atoms. The summed E-state index contributed by atoms with van der Waals surface area (Å²) in [4.78, 5) is 9.66. The lowest BCUT2D eigenvalue weighted by Crippen LogP contribution is -2.05. The van der Waals surface area contributed by atoms with Crippen molar-refractivity contribution in [2.75, 3.05) is 0 Å². The van der Waals surface area contributed by atoms with Gasteiger partial charge >= 0.3 is 0 Å². The fourth-order valence-corrected chi connectivity index (χ4v) is 6.77. The predicted molar refractivity (Wildman–Crippen MR) is 182 cm³/mol. The first-order chi connectivity index (χ1) is 21.9. The Balaban J connectivity index is 1.51. The van der Waals surface area contributed by atoms with Crippen molar-refractivity contribution < 1.29 is 0 Å². The second kappa shape index (κ2) is 9.79. The van der Waals surface area contributed by atoms with Gasteiger partial charge in [0.1, 0.15) is 0 Å². The molecule has 0 unspecified atom stereocenters. The van der Waals surface area contributed by atoms with Gasteiger partial charge in [-0.2, -0.15) is 0 Å². The summed E-state index contributed by atoms with van der Waals surface area (Å²) in [6, 6.07) is 51.5. The summed E-state index contributed by atoms with van der Waals surface area (Å²) in [5.74, 6) is 0. The number of aromatic nitrogens is 4. The molecular weight excluding hydrogens is 536 g/mol. The number of fused-ring (bicyclic) bond motifs is 6. The second-order valence-electron chi connectivity index (χ2n) is 11.1. The van der Waals surface area contributed by atoms with E-state index in [-0.39, 0.29) is 0 Å². The summed E-state index contributed by atoms with van der Waals surface area (Å²) in [5, 5.41) is 4.91. The van der Waals surface area contributed by atoms with E-state index in [0.29, 0.717) is 0 Å². The summed E-state index contributed by atoms with van der Waals surface area (Å²) in [7, 11) is 0. The molecule has 4 nitrogen and oxygen atoms in total. The number of hydrogen-bond acceptors (Lipinski definition) is 2. The number of pyridine rings is 2. The predicted octanol–water partition coefficient (Wildman–Crippen LogP) is 10.0. The molecule has 0 aliphatic heterocycles. The van der Waals surface area contributed by atoms with Crippen LogP contribution in [0.5, 0.6) is 0 Å². The molecule has 0 bridgehead atoms. The molecule has 44 heavy (non-hydrogen) atoms. The molecule has 206 valence electrons. The van der Waals surface area contributed by atoms with E-state index >= 15 is 0 Å². The lowest BCUT2D eigenvalue weighted by Gasteiger charge is -2.21. The van der Waals surface area contributed by atoms with Crippen molar-refractivity contribution in [1.29, 1.82) is 0 Å². The van der Waals surface area contributed by atoms with Crippen molar-refractivity contribution >= 4 is 43.6 Å². The van der Waals surface area contributed by atoms with Gasteiger partial charge in [0, 0.05) is 45.1 Å². The number of nitrogens with zero attached hydrogens (tertiary/aromatic N) is 4. The van der Waals surface area contributed by atoms with Gasteiger partial charge in [0.15, 0.2) is 0 Å². The highest BCUT2D eigenvalue weighted by Gasteiger charge is 2.22. The van der Waals surface area contributed by atoms with Crippen molar-refractivity contribution in [2.24, 2.45) is 0 Å². The first kappa shape index (κ1) is 24.6. The molecule has 4 heteroatoms. The summed E-state index contributed by atoms with van der Waals surface area (Å²) in [6.07, 6.45) is 3.72. The molecular formula is C40H26N4. The Bertz CT molecular complexity index is 2210. The van der Waals surface area contributed by atoms with Gasteiger partial charge in [0.25, 0.3) is 0 Å². The zero-order chi connectivity index (χ0) is 29.0. The van der Waals surface area contributed by atoms with Gasteiger partial charge in [-0.05, 0) is 60.7 Å². The van der Waals surface area contributed by atoms with Crippen molar-refractivity contribution in [3.8, 4) is 33.9 Å². The zero-order valence-corrected chi connectivity index (χ0v) is 23.8. The zero-order valence-electron chi connectivity index (χ0n) is 23.8. The van der Waals surface area contributed by atoms with Gasteiger partial charge in [0.05, 0.1) is 44.8 Å². The smallest absolute Gasteiger partial charge is 0.0710 e. The van der Waals surface area contributed by atoms with E-state index in [0.717, 1.165) is 56.0 Å². The fourth-order valence-electron chi connectivity index (χ4n) is 6.77. The molecule has 4 heterocycles. The van der Waals surface area contributed by atoms with E-state index in [1.54, 1.807) is 0 Å². The molecule has 4 aromatic heterocycles. The van der Waals surface area contributed by atoms with E-state index in [1.165, 1.54) is 21.5 Å². The minimum atomic E-state index is 0.906. The van der Waals surface area contributed by atoms with Crippen LogP contribution in [0, 0.1) is 0 Å². The molecule has 0 N–H and O–H groups in total. The molecule has 0 saturated heterocycles. The third-order valence-electron chi connectivity index (χ3n) is 8.64. The average Bonchev–Trinajstić information content (AvgIpc) is 3.62. The van der Waals surface area contributed by atoms with Gasteiger partial charge in [0.2, 0.25) is 0 Å². The summed E-state index contributed by atoms with van der Waals surface area (Å²) < 4.78 is 4.83. The van der Waals surface area contributed by atoms with E-state index in [2.05, 4.69) is 130 Å². The standard InChI is InChI=1S/C40H26N4/c1-5-19-35-27(13-1)28-14-2-6-20-36(28)43(35)39-25-31(33-17-9-11-23-41-33)32(34-18-10-12-24-42-34)26-40(39)44-37-21-7-3-15-29(37)30-16-4-8-22-38(30)44/h1-26H. The molecule has 0 radical (unpaired) electrons. The van der Waals surface area contributed by atoms with Crippen LogP contribution in [-0.4, -0.2) is 19.1 Å². The number of hydrogen-bond donors (Lipinski definition) is 0. The second-order valence-corrected chi connectivity index (χ2v) is 11.1. The van der Waals surface area contributed by atoms with Crippen LogP contribution >= 0.6 is 0 Å². The van der Waals surface area contributed by atoms with Gasteiger partial charge in [-0.3, -0.25) is 9.97 Å². The van der Waals surface area contributed by atoms with E-state index in [4.69, 9.17) is 9.97 Å². The third-order valence-corrected chi connectivity index (χ3v) is 8.64. The molecule has 0 amide bonds. The molecule has 0 aliphatic rings. The Morgan fingerprint density at radius 3 is 0.977 bits per heavy atom. The molecule has 9 aromatic rings. The van der Waals surface area contributed by atoms with Crippen molar-refractivity contribution in [3.63, 3.8) is 0 Å². The minimum Gasteiger partial charge on any atom is -0.307 e. The van der Waals surface area contributed by atoms with Crippen molar-refractivity contribution in [2.45, 2.75) is 0 Å². The van der Waals surface area contributed by atoms with Crippen LogP contribution in [0.2, 0.25) is 0 Å².